The van der Waals surface area contributed by atoms with Gasteiger partial charge in [-0.3, -0.25) is 0 Å². The quantitative estimate of drug-likeness (QED) is 0.750. The standard InChI is InChI=1S/C9H8BrN3/c10-9-5-8(1-2-12-9)6-13-4-3-11-7-13/h1-5,7H,6H2. The van der Waals surface area contributed by atoms with Gasteiger partial charge < -0.3 is 4.57 Å². The van der Waals surface area contributed by atoms with Crippen LogP contribution in [0.25, 0.3) is 0 Å². The lowest BCUT2D eigenvalue weighted by Gasteiger charge is -2.01. The fraction of sp³-hybridized carbons (Fsp3) is 0.111. The number of nitrogens with zero attached hydrogens (tertiary/aromatic N) is 3. The van der Waals surface area contributed by atoms with Gasteiger partial charge in [-0.25, -0.2) is 9.97 Å². The maximum absolute atomic E-state index is 4.06. The predicted octanol–water partition coefficient (Wildman–Crippen LogP) is 2.09. The lowest BCUT2D eigenvalue weighted by atomic mass is 10.3. The molecule has 0 N–H and O–H groups in total. The Labute approximate surface area is 84.6 Å². The van der Waals surface area contributed by atoms with Crippen LogP contribution in [0.1, 0.15) is 5.56 Å². The fourth-order valence-corrected chi connectivity index (χ4v) is 1.54. The molecule has 0 fully saturated rings. The first-order valence-corrected chi connectivity index (χ1v) is 4.70. The zero-order valence-electron chi connectivity index (χ0n) is 6.89. The van der Waals surface area contributed by atoms with Crippen molar-refractivity contribution < 1.29 is 0 Å². The highest BCUT2D eigenvalue weighted by atomic mass is 79.9. The van der Waals surface area contributed by atoms with Crippen LogP contribution >= 0.6 is 15.9 Å². The molecule has 13 heavy (non-hydrogen) atoms. The Hall–Kier alpha value is -1.16. The van der Waals surface area contributed by atoms with E-state index in [0.29, 0.717) is 0 Å². The van der Waals surface area contributed by atoms with E-state index in [2.05, 4.69) is 25.9 Å². The van der Waals surface area contributed by atoms with E-state index in [4.69, 9.17) is 0 Å². The van der Waals surface area contributed by atoms with Crippen LogP contribution in [0.5, 0.6) is 0 Å². The largest absolute Gasteiger partial charge is 0.333 e. The van der Waals surface area contributed by atoms with Crippen LogP contribution in [0, 0.1) is 0 Å². The van der Waals surface area contributed by atoms with Crippen molar-refractivity contribution in [2.24, 2.45) is 0 Å². The van der Waals surface area contributed by atoms with Crippen LogP contribution in [0.3, 0.4) is 0 Å². The van der Waals surface area contributed by atoms with E-state index in [1.807, 2.05) is 22.9 Å². The first-order valence-electron chi connectivity index (χ1n) is 3.91. The van der Waals surface area contributed by atoms with Crippen molar-refractivity contribution in [1.82, 2.24) is 14.5 Å². The number of pyridine rings is 1. The van der Waals surface area contributed by atoms with Crippen molar-refractivity contribution >= 4 is 15.9 Å². The molecule has 2 aromatic rings. The lowest BCUT2D eigenvalue weighted by molar-refractivity contribution is 0.795. The number of hydrogen-bond acceptors (Lipinski definition) is 2. The van der Waals surface area contributed by atoms with E-state index >= 15 is 0 Å². The van der Waals surface area contributed by atoms with E-state index < -0.39 is 0 Å². The zero-order valence-corrected chi connectivity index (χ0v) is 8.48. The Kier molecular flexibility index (Phi) is 2.40. The Morgan fingerprint density at radius 3 is 3.00 bits per heavy atom. The zero-order chi connectivity index (χ0) is 9.10. The fourth-order valence-electron chi connectivity index (χ4n) is 1.13. The van der Waals surface area contributed by atoms with Gasteiger partial charge in [0.15, 0.2) is 0 Å². The molecule has 0 aliphatic rings. The summed E-state index contributed by atoms with van der Waals surface area (Å²) in [6, 6.07) is 3.99. The van der Waals surface area contributed by atoms with Gasteiger partial charge in [-0.05, 0) is 33.6 Å². The molecule has 4 heteroatoms. The monoisotopic (exact) mass is 237 g/mol. The van der Waals surface area contributed by atoms with Crippen LogP contribution in [-0.4, -0.2) is 14.5 Å². The molecule has 2 heterocycles. The molecule has 0 aliphatic carbocycles. The SMILES string of the molecule is Brc1cc(Cn2ccnc2)ccn1. The third kappa shape index (κ3) is 2.15. The van der Waals surface area contributed by atoms with Crippen molar-refractivity contribution in [1.29, 1.82) is 0 Å². The Bertz CT molecular complexity index is 384. The number of halogens is 1. The molecule has 0 spiro atoms. The summed E-state index contributed by atoms with van der Waals surface area (Å²) in [4.78, 5) is 8.04. The summed E-state index contributed by atoms with van der Waals surface area (Å²) < 4.78 is 2.88. The van der Waals surface area contributed by atoms with Crippen LogP contribution in [-0.2, 0) is 6.54 Å². The predicted molar refractivity (Wildman–Crippen MR) is 53.3 cm³/mol. The molecule has 0 unspecified atom stereocenters. The number of hydrogen-bond donors (Lipinski definition) is 0. The minimum absolute atomic E-state index is 0.834. The highest BCUT2D eigenvalue weighted by Gasteiger charge is 1.95. The van der Waals surface area contributed by atoms with Gasteiger partial charge in [-0.2, -0.15) is 0 Å². The van der Waals surface area contributed by atoms with Crippen molar-refractivity contribution in [3.63, 3.8) is 0 Å². The third-order valence-electron chi connectivity index (χ3n) is 1.72. The average Bonchev–Trinajstić information content (AvgIpc) is 2.57. The minimum atomic E-state index is 0.834. The summed E-state index contributed by atoms with van der Waals surface area (Å²) >= 11 is 3.33. The highest BCUT2D eigenvalue weighted by Crippen LogP contribution is 2.09. The molecular weight excluding hydrogens is 230 g/mol. The molecule has 0 bridgehead atoms. The van der Waals surface area contributed by atoms with Gasteiger partial charge in [0, 0.05) is 25.1 Å². The van der Waals surface area contributed by atoms with Crippen LogP contribution in [0.15, 0.2) is 41.7 Å². The van der Waals surface area contributed by atoms with Gasteiger partial charge in [-0.15, -0.1) is 0 Å². The summed E-state index contributed by atoms with van der Waals surface area (Å²) in [5.41, 5.74) is 1.21. The molecule has 0 saturated carbocycles. The van der Waals surface area contributed by atoms with E-state index in [1.165, 1.54) is 5.56 Å². The van der Waals surface area contributed by atoms with Gasteiger partial charge in [0.05, 0.1) is 6.33 Å². The molecule has 3 nitrogen and oxygen atoms in total. The summed E-state index contributed by atoms with van der Waals surface area (Å²) in [6.45, 7) is 0.834. The smallest absolute Gasteiger partial charge is 0.106 e. The van der Waals surface area contributed by atoms with Crippen molar-refractivity contribution in [3.8, 4) is 0 Å². The first-order chi connectivity index (χ1) is 6.34. The van der Waals surface area contributed by atoms with Crippen LogP contribution in [0.4, 0.5) is 0 Å². The molecule has 0 atom stereocenters. The topological polar surface area (TPSA) is 30.7 Å². The third-order valence-corrected chi connectivity index (χ3v) is 2.15. The summed E-state index contributed by atoms with van der Waals surface area (Å²) in [5, 5.41) is 0. The molecule has 0 radical (unpaired) electrons. The Balaban J connectivity index is 2.19. The second-order valence-electron chi connectivity index (χ2n) is 2.72. The molecule has 0 aliphatic heterocycles. The molecule has 0 amide bonds. The minimum Gasteiger partial charge on any atom is -0.333 e. The van der Waals surface area contributed by atoms with Crippen molar-refractivity contribution in [2.45, 2.75) is 6.54 Å². The molecule has 2 rings (SSSR count). The van der Waals surface area contributed by atoms with E-state index in [1.54, 1.807) is 18.7 Å². The molecule has 0 aromatic carbocycles. The van der Waals surface area contributed by atoms with Crippen molar-refractivity contribution in [2.75, 3.05) is 0 Å². The normalized spacial score (nSPS) is 10.2. The van der Waals surface area contributed by atoms with Gasteiger partial charge in [-0.1, -0.05) is 0 Å². The molecular formula is C9H8BrN3. The number of imidazole rings is 1. The average molecular weight is 238 g/mol. The van der Waals surface area contributed by atoms with E-state index in [0.717, 1.165) is 11.1 Å². The van der Waals surface area contributed by atoms with E-state index in [-0.39, 0.29) is 0 Å². The maximum atomic E-state index is 4.06. The van der Waals surface area contributed by atoms with Gasteiger partial charge in [0.25, 0.3) is 0 Å². The van der Waals surface area contributed by atoms with Gasteiger partial charge in [0.2, 0.25) is 0 Å². The summed E-state index contributed by atoms with van der Waals surface area (Å²) in [7, 11) is 0. The first kappa shape index (κ1) is 8.44. The van der Waals surface area contributed by atoms with Crippen molar-refractivity contribution in [3.05, 3.63) is 47.2 Å². The molecule has 0 saturated heterocycles. The maximum Gasteiger partial charge on any atom is 0.106 e. The van der Waals surface area contributed by atoms with Gasteiger partial charge >= 0.3 is 0 Å². The second-order valence-corrected chi connectivity index (χ2v) is 3.53. The Morgan fingerprint density at radius 2 is 2.31 bits per heavy atom. The number of rotatable bonds is 2. The highest BCUT2D eigenvalue weighted by molar-refractivity contribution is 9.10. The van der Waals surface area contributed by atoms with Gasteiger partial charge in [0.1, 0.15) is 4.60 Å². The molecule has 66 valence electrons. The number of aromatic nitrogens is 3. The Morgan fingerprint density at radius 1 is 1.38 bits per heavy atom. The van der Waals surface area contributed by atoms with Crippen LogP contribution < -0.4 is 0 Å². The van der Waals surface area contributed by atoms with E-state index in [9.17, 15) is 0 Å². The molecule has 2 aromatic heterocycles. The summed E-state index contributed by atoms with van der Waals surface area (Å²) in [6.07, 6.45) is 7.30. The lowest BCUT2D eigenvalue weighted by Crippen LogP contribution is -1.96. The van der Waals surface area contributed by atoms with Crippen LogP contribution in [0.2, 0.25) is 0 Å². The second kappa shape index (κ2) is 3.70. The summed E-state index contributed by atoms with van der Waals surface area (Å²) in [5.74, 6) is 0.